The number of ether oxygens (including phenoxy) is 1. The molecule has 166 valence electrons. The minimum absolute atomic E-state index is 0.0313. The zero-order chi connectivity index (χ0) is 22.1. The molecule has 6 heteroatoms. The number of hydrogen-bond donors (Lipinski definition) is 2. The molecule has 1 heterocycles. The number of urea groups is 1. The number of unbranched alkanes of at least 4 members (excludes halogenated alkanes) is 1. The Bertz CT molecular complexity index is 867. The number of nitrogens with zero attached hydrogens (tertiary/aromatic N) is 1. The summed E-state index contributed by atoms with van der Waals surface area (Å²) < 4.78 is 5.45. The first-order valence-electron chi connectivity index (χ1n) is 11.3. The van der Waals surface area contributed by atoms with E-state index < -0.39 is 0 Å². The molecule has 2 N–H and O–H groups in total. The van der Waals surface area contributed by atoms with E-state index in [1.165, 1.54) is 0 Å². The van der Waals surface area contributed by atoms with Crippen LogP contribution in [0.25, 0.3) is 0 Å². The van der Waals surface area contributed by atoms with E-state index in [0.29, 0.717) is 25.3 Å². The van der Waals surface area contributed by atoms with Gasteiger partial charge in [-0.1, -0.05) is 25.5 Å². The van der Waals surface area contributed by atoms with E-state index in [0.717, 1.165) is 49.2 Å². The fourth-order valence-electron chi connectivity index (χ4n) is 3.85. The second kappa shape index (κ2) is 11.4. The van der Waals surface area contributed by atoms with Crippen molar-refractivity contribution in [3.05, 3.63) is 59.7 Å². The average Bonchev–Trinajstić information content (AvgIpc) is 2.81. The third kappa shape index (κ3) is 6.48. The molecule has 1 fully saturated rings. The van der Waals surface area contributed by atoms with E-state index in [-0.39, 0.29) is 17.9 Å². The molecule has 0 radical (unpaired) electrons. The minimum Gasteiger partial charge on any atom is -0.494 e. The number of benzene rings is 2. The van der Waals surface area contributed by atoms with Gasteiger partial charge < -0.3 is 20.3 Å². The number of piperidine rings is 1. The Hall–Kier alpha value is -3.02. The summed E-state index contributed by atoms with van der Waals surface area (Å²) >= 11 is 0. The minimum atomic E-state index is -0.0951. The molecule has 0 bridgehead atoms. The Morgan fingerprint density at radius 1 is 1.13 bits per heavy atom. The smallest absolute Gasteiger partial charge is 0.321 e. The predicted molar refractivity (Wildman–Crippen MR) is 124 cm³/mol. The Kier molecular flexibility index (Phi) is 8.33. The van der Waals surface area contributed by atoms with E-state index >= 15 is 0 Å². The first-order valence-corrected chi connectivity index (χ1v) is 11.3. The van der Waals surface area contributed by atoms with Crippen LogP contribution < -0.4 is 15.4 Å². The largest absolute Gasteiger partial charge is 0.494 e. The van der Waals surface area contributed by atoms with Crippen LogP contribution in [0.4, 0.5) is 10.5 Å². The first-order chi connectivity index (χ1) is 15.1. The van der Waals surface area contributed by atoms with Crippen molar-refractivity contribution < 1.29 is 14.3 Å². The summed E-state index contributed by atoms with van der Waals surface area (Å²) in [6, 6.07) is 15.1. The lowest BCUT2D eigenvalue weighted by atomic mass is 9.89. The summed E-state index contributed by atoms with van der Waals surface area (Å²) in [5, 5.41) is 5.95. The molecule has 0 unspecified atom stereocenters. The number of anilines is 1. The highest BCUT2D eigenvalue weighted by Gasteiger charge is 2.25. The van der Waals surface area contributed by atoms with Crippen molar-refractivity contribution >= 4 is 17.6 Å². The number of likely N-dealkylation sites (tertiary alicyclic amines) is 1. The maximum absolute atomic E-state index is 12.8. The van der Waals surface area contributed by atoms with E-state index in [2.05, 4.69) is 23.6 Å². The molecule has 0 saturated carbocycles. The molecule has 2 aromatic rings. The van der Waals surface area contributed by atoms with Gasteiger partial charge in [-0.15, -0.1) is 0 Å². The van der Waals surface area contributed by atoms with Crippen molar-refractivity contribution in [1.82, 2.24) is 10.2 Å². The van der Waals surface area contributed by atoms with Crippen molar-refractivity contribution in [2.24, 2.45) is 0 Å². The van der Waals surface area contributed by atoms with Crippen LogP contribution >= 0.6 is 0 Å². The molecule has 31 heavy (non-hydrogen) atoms. The Morgan fingerprint density at radius 3 is 2.68 bits per heavy atom. The van der Waals surface area contributed by atoms with Crippen molar-refractivity contribution in [2.75, 3.05) is 31.6 Å². The molecular weight excluding hydrogens is 390 g/mol. The molecule has 1 aliphatic rings. The van der Waals surface area contributed by atoms with Gasteiger partial charge in [0.1, 0.15) is 5.75 Å². The van der Waals surface area contributed by atoms with Crippen LogP contribution in [0.15, 0.2) is 48.5 Å². The van der Waals surface area contributed by atoms with Gasteiger partial charge in [0.05, 0.1) is 6.61 Å². The predicted octanol–water partition coefficient (Wildman–Crippen LogP) is 5.03. The lowest BCUT2D eigenvalue weighted by molar-refractivity contribution is 0.0953. The van der Waals surface area contributed by atoms with Gasteiger partial charge in [-0.2, -0.15) is 0 Å². The number of carbonyl (C=O) groups excluding carboxylic acids is 2. The van der Waals surface area contributed by atoms with E-state index in [1.54, 1.807) is 0 Å². The lowest BCUT2D eigenvalue weighted by Crippen LogP contribution is -2.41. The number of nitrogens with one attached hydrogen (secondary N) is 2. The normalized spacial score (nSPS) is 15.9. The van der Waals surface area contributed by atoms with Crippen LogP contribution in [0.1, 0.15) is 61.4 Å². The topological polar surface area (TPSA) is 70.7 Å². The third-order valence-electron chi connectivity index (χ3n) is 5.56. The lowest BCUT2D eigenvalue weighted by Gasteiger charge is -2.33. The van der Waals surface area contributed by atoms with Gasteiger partial charge in [-0.3, -0.25) is 4.79 Å². The number of carbonyl (C=O) groups is 2. The van der Waals surface area contributed by atoms with Gasteiger partial charge in [0.2, 0.25) is 0 Å². The summed E-state index contributed by atoms with van der Waals surface area (Å²) in [4.78, 5) is 27.1. The molecular formula is C25H33N3O3. The molecule has 1 atom stereocenters. The van der Waals surface area contributed by atoms with Crippen LogP contribution in [0.3, 0.4) is 0 Å². The monoisotopic (exact) mass is 423 g/mol. The summed E-state index contributed by atoms with van der Waals surface area (Å²) in [6.45, 7) is 6.73. The first kappa shape index (κ1) is 22.7. The van der Waals surface area contributed by atoms with Crippen molar-refractivity contribution in [3.8, 4) is 5.75 Å². The van der Waals surface area contributed by atoms with Crippen molar-refractivity contribution in [3.63, 3.8) is 0 Å². The Morgan fingerprint density at radius 2 is 1.94 bits per heavy atom. The highest BCUT2D eigenvalue weighted by molar-refractivity contribution is 5.94. The van der Waals surface area contributed by atoms with Gasteiger partial charge >= 0.3 is 6.03 Å². The summed E-state index contributed by atoms with van der Waals surface area (Å²) in [7, 11) is 0. The molecule has 0 aromatic heterocycles. The number of amides is 3. The second-order valence-electron chi connectivity index (χ2n) is 7.91. The molecule has 3 rings (SSSR count). The SMILES string of the molecule is CCCCNC(=O)c1cccc([C@@H]2CCCN(C(=O)Nc3ccc(OCC)cc3)C2)c1. The van der Waals surface area contributed by atoms with Gasteiger partial charge in [-0.05, 0) is 68.1 Å². The van der Waals surface area contributed by atoms with Crippen LogP contribution in [-0.2, 0) is 0 Å². The number of hydrogen-bond acceptors (Lipinski definition) is 3. The fourth-order valence-corrected chi connectivity index (χ4v) is 3.85. The van der Waals surface area contributed by atoms with E-state index in [9.17, 15) is 9.59 Å². The maximum Gasteiger partial charge on any atom is 0.321 e. The van der Waals surface area contributed by atoms with Gasteiger partial charge in [0, 0.05) is 36.8 Å². The number of rotatable bonds is 8. The Labute approximate surface area is 185 Å². The van der Waals surface area contributed by atoms with Crippen LogP contribution in [0, 0.1) is 0 Å². The zero-order valence-electron chi connectivity index (χ0n) is 18.5. The van der Waals surface area contributed by atoms with Gasteiger partial charge in [-0.25, -0.2) is 4.79 Å². The second-order valence-corrected chi connectivity index (χ2v) is 7.91. The maximum atomic E-state index is 12.8. The standard InChI is InChI=1S/C25H33N3O3/c1-3-5-15-26-24(29)20-9-6-8-19(17-20)21-10-7-16-28(18-21)25(30)27-22-11-13-23(14-12-22)31-4-2/h6,8-9,11-14,17,21H,3-5,7,10,15-16,18H2,1-2H3,(H,26,29)(H,27,30)/t21-/m1/s1. The van der Waals surface area contributed by atoms with Gasteiger partial charge in [0.25, 0.3) is 5.91 Å². The zero-order valence-corrected chi connectivity index (χ0v) is 18.5. The van der Waals surface area contributed by atoms with Crippen LogP contribution in [0.2, 0.25) is 0 Å². The molecule has 0 spiro atoms. The molecule has 1 aliphatic heterocycles. The summed E-state index contributed by atoms with van der Waals surface area (Å²) in [5.41, 5.74) is 2.55. The van der Waals surface area contributed by atoms with Crippen LogP contribution in [-0.4, -0.2) is 43.1 Å². The van der Waals surface area contributed by atoms with Crippen molar-refractivity contribution in [1.29, 1.82) is 0 Å². The van der Waals surface area contributed by atoms with Crippen molar-refractivity contribution in [2.45, 2.75) is 45.4 Å². The molecule has 0 aliphatic carbocycles. The Balaban J connectivity index is 1.60. The molecule has 3 amide bonds. The van der Waals surface area contributed by atoms with Gasteiger partial charge in [0.15, 0.2) is 0 Å². The molecule has 6 nitrogen and oxygen atoms in total. The summed E-state index contributed by atoms with van der Waals surface area (Å²) in [5.74, 6) is 0.983. The van der Waals surface area contributed by atoms with E-state index in [1.807, 2.05) is 54.3 Å². The molecule has 1 saturated heterocycles. The average molecular weight is 424 g/mol. The quantitative estimate of drug-likeness (QED) is 0.585. The highest BCUT2D eigenvalue weighted by Crippen LogP contribution is 2.28. The molecule has 2 aromatic carbocycles. The third-order valence-corrected chi connectivity index (χ3v) is 5.56. The summed E-state index contributed by atoms with van der Waals surface area (Å²) in [6.07, 6.45) is 3.98. The van der Waals surface area contributed by atoms with Crippen LogP contribution in [0.5, 0.6) is 5.75 Å². The van der Waals surface area contributed by atoms with E-state index in [4.69, 9.17) is 4.74 Å². The highest BCUT2D eigenvalue weighted by atomic mass is 16.5. The fraction of sp³-hybridized carbons (Fsp3) is 0.440.